The Morgan fingerprint density at radius 1 is 1.14 bits per heavy atom. The molecule has 0 radical (unpaired) electrons. The number of esters is 1. The molecule has 0 saturated carbocycles. The second-order valence-electron chi connectivity index (χ2n) is 6.98. The first-order chi connectivity index (χ1) is 14.1. The van der Waals surface area contributed by atoms with E-state index in [1.54, 1.807) is 18.4 Å². The predicted molar refractivity (Wildman–Crippen MR) is 112 cm³/mol. The molecule has 5 heteroatoms. The molecule has 4 nitrogen and oxygen atoms in total. The van der Waals surface area contributed by atoms with Gasteiger partial charge in [0.15, 0.2) is 0 Å². The number of benzene rings is 2. The van der Waals surface area contributed by atoms with E-state index in [0.717, 1.165) is 29.7 Å². The van der Waals surface area contributed by atoms with Gasteiger partial charge in [0.2, 0.25) is 0 Å². The summed E-state index contributed by atoms with van der Waals surface area (Å²) in [5.41, 5.74) is 3.90. The van der Waals surface area contributed by atoms with Crippen LogP contribution in [0.5, 0.6) is 0 Å². The van der Waals surface area contributed by atoms with Gasteiger partial charge < -0.3 is 9.47 Å². The Labute approximate surface area is 171 Å². The van der Waals surface area contributed by atoms with Crippen molar-refractivity contribution in [2.75, 3.05) is 33.4 Å². The van der Waals surface area contributed by atoms with Crippen LogP contribution in [0, 0.1) is 12.7 Å². The highest BCUT2D eigenvalue weighted by Crippen LogP contribution is 2.28. The number of rotatable bonds is 7. The van der Waals surface area contributed by atoms with Gasteiger partial charge in [0.25, 0.3) is 0 Å². The van der Waals surface area contributed by atoms with Crippen molar-refractivity contribution in [3.63, 3.8) is 0 Å². The highest BCUT2D eigenvalue weighted by Gasteiger charge is 2.18. The molecule has 2 aromatic carbocycles. The average molecular weight is 395 g/mol. The standard InChI is InChI=1S/C24H26FNO3/c1-18-8-3-4-10-20(18)22(21-11-5-6-12-23(21)25)17-29-15-14-26-13-7-9-19(16-26)24(27)28-2/h3-6,8-12,17H,7,13-16H2,1-2H3/b22-17+. The fraction of sp³-hybridized carbons (Fsp3) is 0.292. The molecule has 1 aliphatic heterocycles. The summed E-state index contributed by atoms with van der Waals surface area (Å²) >= 11 is 0. The van der Waals surface area contributed by atoms with Crippen molar-refractivity contribution in [1.29, 1.82) is 0 Å². The largest absolute Gasteiger partial charge is 0.499 e. The molecule has 0 aromatic heterocycles. The van der Waals surface area contributed by atoms with Gasteiger partial charge in [0.1, 0.15) is 12.4 Å². The van der Waals surface area contributed by atoms with Crippen LogP contribution in [0.3, 0.4) is 0 Å². The summed E-state index contributed by atoms with van der Waals surface area (Å²) in [5.74, 6) is -0.564. The molecule has 1 heterocycles. The smallest absolute Gasteiger partial charge is 0.334 e. The van der Waals surface area contributed by atoms with Crippen molar-refractivity contribution in [3.8, 4) is 0 Å². The minimum atomic E-state index is -0.283. The van der Waals surface area contributed by atoms with Crippen LogP contribution in [0.4, 0.5) is 4.39 Å². The maximum Gasteiger partial charge on any atom is 0.334 e. The molecule has 0 saturated heterocycles. The first kappa shape index (κ1) is 20.8. The fourth-order valence-electron chi connectivity index (χ4n) is 3.43. The first-order valence-corrected chi connectivity index (χ1v) is 9.72. The van der Waals surface area contributed by atoms with Gasteiger partial charge in [0, 0.05) is 36.3 Å². The quantitative estimate of drug-likeness (QED) is 0.397. The lowest BCUT2D eigenvalue weighted by Gasteiger charge is -2.25. The van der Waals surface area contributed by atoms with Crippen LogP contribution < -0.4 is 0 Å². The van der Waals surface area contributed by atoms with E-state index in [4.69, 9.17) is 9.47 Å². The third kappa shape index (κ3) is 5.33. The molecule has 0 aliphatic carbocycles. The van der Waals surface area contributed by atoms with Crippen molar-refractivity contribution < 1.29 is 18.7 Å². The molecule has 3 rings (SSSR count). The van der Waals surface area contributed by atoms with Crippen molar-refractivity contribution in [2.24, 2.45) is 0 Å². The molecule has 0 bridgehead atoms. The van der Waals surface area contributed by atoms with Gasteiger partial charge in [-0.15, -0.1) is 0 Å². The van der Waals surface area contributed by atoms with E-state index in [9.17, 15) is 9.18 Å². The molecule has 1 aliphatic rings. The third-order valence-corrected chi connectivity index (χ3v) is 5.00. The van der Waals surface area contributed by atoms with E-state index in [-0.39, 0.29) is 11.8 Å². The zero-order chi connectivity index (χ0) is 20.6. The van der Waals surface area contributed by atoms with Crippen molar-refractivity contribution in [3.05, 3.63) is 88.9 Å². The van der Waals surface area contributed by atoms with Gasteiger partial charge in [-0.1, -0.05) is 48.5 Å². The van der Waals surface area contributed by atoms with E-state index in [0.29, 0.717) is 30.8 Å². The Morgan fingerprint density at radius 3 is 2.59 bits per heavy atom. The van der Waals surface area contributed by atoms with Gasteiger partial charge in [-0.3, -0.25) is 4.90 Å². The van der Waals surface area contributed by atoms with Crippen molar-refractivity contribution >= 4 is 11.5 Å². The van der Waals surface area contributed by atoms with Gasteiger partial charge in [-0.2, -0.15) is 0 Å². The number of halogens is 1. The second-order valence-corrected chi connectivity index (χ2v) is 6.98. The Morgan fingerprint density at radius 2 is 1.86 bits per heavy atom. The molecule has 0 fully saturated rings. The average Bonchev–Trinajstić information content (AvgIpc) is 2.75. The van der Waals surface area contributed by atoms with Crippen molar-refractivity contribution in [2.45, 2.75) is 13.3 Å². The van der Waals surface area contributed by atoms with Gasteiger partial charge >= 0.3 is 5.97 Å². The molecule has 29 heavy (non-hydrogen) atoms. The van der Waals surface area contributed by atoms with Crippen LogP contribution in [0.2, 0.25) is 0 Å². The van der Waals surface area contributed by atoms with Crippen LogP contribution in [-0.2, 0) is 14.3 Å². The normalized spacial score (nSPS) is 15.0. The lowest BCUT2D eigenvalue weighted by Crippen LogP contribution is -2.34. The fourth-order valence-corrected chi connectivity index (χ4v) is 3.43. The SMILES string of the molecule is COC(=O)C1=CCCN(CCO/C=C(\c2ccccc2C)c2ccccc2F)C1. The molecule has 0 atom stereocenters. The number of methoxy groups -OCH3 is 1. The highest BCUT2D eigenvalue weighted by molar-refractivity contribution is 5.89. The number of hydrogen-bond donors (Lipinski definition) is 0. The molecule has 152 valence electrons. The predicted octanol–water partition coefficient (Wildman–Crippen LogP) is 4.35. The van der Waals surface area contributed by atoms with E-state index in [1.807, 2.05) is 43.3 Å². The molecular formula is C24H26FNO3. The van der Waals surface area contributed by atoms with E-state index in [2.05, 4.69) is 4.90 Å². The zero-order valence-corrected chi connectivity index (χ0v) is 16.9. The molecule has 2 aromatic rings. The summed E-state index contributed by atoms with van der Waals surface area (Å²) in [7, 11) is 1.39. The molecule has 0 amide bonds. The Kier molecular flexibility index (Phi) is 7.19. The molecule has 0 unspecified atom stereocenters. The van der Waals surface area contributed by atoms with E-state index in [1.165, 1.54) is 13.2 Å². The Hall–Kier alpha value is -2.92. The minimum absolute atomic E-state index is 0.281. The van der Waals surface area contributed by atoms with Crippen LogP contribution in [0.25, 0.3) is 5.57 Å². The number of nitrogens with zero attached hydrogens (tertiary/aromatic N) is 1. The third-order valence-electron chi connectivity index (χ3n) is 5.00. The lowest BCUT2D eigenvalue weighted by molar-refractivity contribution is -0.136. The summed E-state index contributed by atoms with van der Waals surface area (Å²) < 4.78 is 25.1. The maximum atomic E-state index is 14.5. The van der Waals surface area contributed by atoms with E-state index < -0.39 is 0 Å². The van der Waals surface area contributed by atoms with Crippen LogP contribution >= 0.6 is 0 Å². The topological polar surface area (TPSA) is 38.8 Å². The monoisotopic (exact) mass is 395 g/mol. The Balaban J connectivity index is 1.70. The van der Waals surface area contributed by atoms with Gasteiger partial charge in [-0.25, -0.2) is 9.18 Å². The zero-order valence-electron chi connectivity index (χ0n) is 16.9. The van der Waals surface area contributed by atoms with Crippen LogP contribution in [-0.4, -0.2) is 44.2 Å². The van der Waals surface area contributed by atoms with Crippen LogP contribution in [0.1, 0.15) is 23.1 Å². The minimum Gasteiger partial charge on any atom is -0.499 e. The molecule has 0 N–H and O–H groups in total. The number of carbonyl (C=O) groups excluding carboxylic acids is 1. The summed E-state index contributed by atoms with van der Waals surface area (Å²) in [6.07, 6.45) is 4.38. The second kappa shape index (κ2) is 10.0. The number of aryl methyl sites for hydroxylation is 1. The van der Waals surface area contributed by atoms with Gasteiger partial charge in [-0.05, 0) is 30.5 Å². The summed E-state index contributed by atoms with van der Waals surface area (Å²) in [6.45, 7) is 4.53. The van der Waals surface area contributed by atoms with Crippen LogP contribution in [0.15, 0.2) is 66.4 Å². The number of carbonyl (C=O) groups is 1. The van der Waals surface area contributed by atoms with Crippen molar-refractivity contribution in [1.82, 2.24) is 4.90 Å². The maximum absolute atomic E-state index is 14.5. The number of ether oxygens (including phenoxy) is 2. The van der Waals surface area contributed by atoms with E-state index >= 15 is 0 Å². The molecule has 0 spiro atoms. The summed E-state index contributed by atoms with van der Waals surface area (Å²) in [4.78, 5) is 13.9. The summed E-state index contributed by atoms with van der Waals surface area (Å²) in [6, 6.07) is 14.6. The van der Waals surface area contributed by atoms with Gasteiger partial charge in [0.05, 0.1) is 13.4 Å². The molecular weight excluding hydrogens is 369 g/mol. The lowest BCUT2D eigenvalue weighted by atomic mass is 9.95. The highest BCUT2D eigenvalue weighted by atomic mass is 19.1. The number of hydrogen-bond acceptors (Lipinski definition) is 4. The Bertz CT molecular complexity index is 872. The summed E-state index contributed by atoms with van der Waals surface area (Å²) in [5, 5.41) is 0. The first-order valence-electron chi connectivity index (χ1n) is 9.72.